The van der Waals surface area contributed by atoms with Gasteiger partial charge in [-0.1, -0.05) is 11.6 Å². The fraction of sp³-hybridized carbons (Fsp3) is 0.200. The first-order chi connectivity index (χ1) is 13.0. The summed E-state index contributed by atoms with van der Waals surface area (Å²) >= 11 is 7.35. The average Bonchev–Trinajstić information content (AvgIpc) is 3.12. The Morgan fingerprint density at radius 2 is 1.89 bits per heavy atom. The molecule has 0 bridgehead atoms. The Bertz CT molecular complexity index is 925. The van der Waals surface area contributed by atoms with Crippen molar-refractivity contribution in [2.24, 2.45) is 0 Å². The van der Waals surface area contributed by atoms with Crippen molar-refractivity contribution in [3.05, 3.63) is 58.4 Å². The molecule has 3 aromatic rings. The summed E-state index contributed by atoms with van der Waals surface area (Å²) in [5, 5.41) is 5.84. The van der Waals surface area contributed by atoms with Crippen LogP contribution < -0.4 is 14.8 Å². The van der Waals surface area contributed by atoms with E-state index in [-0.39, 0.29) is 12.5 Å². The highest BCUT2D eigenvalue weighted by Crippen LogP contribution is 2.26. The van der Waals surface area contributed by atoms with Crippen LogP contribution in [0.15, 0.2) is 47.8 Å². The van der Waals surface area contributed by atoms with Gasteiger partial charge in [-0.2, -0.15) is 0 Å². The quantitative estimate of drug-likeness (QED) is 0.590. The zero-order valence-corrected chi connectivity index (χ0v) is 16.6. The van der Waals surface area contributed by atoms with E-state index < -0.39 is 0 Å². The van der Waals surface area contributed by atoms with Crippen LogP contribution >= 0.6 is 22.9 Å². The van der Waals surface area contributed by atoms with E-state index in [0.29, 0.717) is 22.5 Å². The third-order valence-corrected chi connectivity index (χ3v) is 4.89. The molecule has 3 rings (SSSR count). The molecule has 140 valence electrons. The van der Waals surface area contributed by atoms with Gasteiger partial charge in [0.25, 0.3) is 5.91 Å². The van der Waals surface area contributed by atoms with Crippen molar-refractivity contribution < 1.29 is 14.3 Å². The average molecular weight is 403 g/mol. The zero-order valence-electron chi connectivity index (χ0n) is 15.0. The van der Waals surface area contributed by atoms with Crippen molar-refractivity contribution in [2.45, 2.75) is 13.8 Å². The van der Waals surface area contributed by atoms with Crippen LogP contribution in [0.4, 0.5) is 5.13 Å². The number of nitrogens with zero attached hydrogens (tertiary/aromatic N) is 1. The number of hydrogen-bond acceptors (Lipinski definition) is 5. The molecule has 7 heteroatoms. The Hall–Kier alpha value is -2.57. The molecule has 0 aliphatic heterocycles. The predicted octanol–water partition coefficient (Wildman–Crippen LogP) is 5.19. The number of amides is 1. The van der Waals surface area contributed by atoms with Crippen LogP contribution in [0.5, 0.6) is 11.5 Å². The zero-order chi connectivity index (χ0) is 19.2. The lowest BCUT2D eigenvalue weighted by Gasteiger charge is -2.07. The molecule has 0 radical (unpaired) electrons. The highest BCUT2D eigenvalue weighted by Gasteiger charge is 2.09. The largest absolute Gasteiger partial charge is 0.494 e. The van der Waals surface area contributed by atoms with Crippen LogP contribution in [0.2, 0.25) is 5.02 Å². The highest BCUT2D eigenvalue weighted by molar-refractivity contribution is 7.14. The summed E-state index contributed by atoms with van der Waals surface area (Å²) in [4.78, 5) is 16.5. The van der Waals surface area contributed by atoms with Gasteiger partial charge in [0, 0.05) is 16.0 Å². The Labute approximate surface area is 166 Å². The number of rotatable bonds is 7. The van der Waals surface area contributed by atoms with E-state index in [1.807, 2.05) is 43.5 Å². The third kappa shape index (κ3) is 5.21. The molecule has 0 aliphatic carbocycles. The molecular weight excluding hydrogens is 384 g/mol. The summed E-state index contributed by atoms with van der Waals surface area (Å²) in [6.45, 7) is 4.36. The van der Waals surface area contributed by atoms with Gasteiger partial charge in [0.1, 0.15) is 11.5 Å². The van der Waals surface area contributed by atoms with Gasteiger partial charge in [-0.25, -0.2) is 4.98 Å². The number of aryl methyl sites for hydroxylation is 1. The summed E-state index contributed by atoms with van der Waals surface area (Å²) in [5.74, 6) is 1.15. The summed E-state index contributed by atoms with van der Waals surface area (Å²) in [6.07, 6.45) is 0. The lowest BCUT2D eigenvalue weighted by Crippen LogP contribution is -2.20. The summed E-state index contributed by atoms with van der Waals surface area (Å²) in [7, 11) is 0. The van der Waals surface area contributed by atoms with Gasteiger partial charge in [0.05, 0.1) is 12.3 Å². The lowest BCUT2D eigenvalue weighted by molar-refractivity contribution is -0.118. The van der Waals surface area contributed by atoms with E-state index >= 15 is 0 Å². The SMILES string of the molecule is CCOc1ccc(-c2csc(NC(=O)COc3ccc(Cl)c(C)c3)n2)cc1. The van der Waals surface area contributed by atoms with Crippen molar-refractivity contribution in [2.75, 3.05) is 18.5 Å². The molecular formula is C20H19ClN2O3S. The van der Waals surface area contributed by atoms with Crippen LogP contribution in [0, 0.1) is 6.92 Å². The molecule has 1 heterocycles. The molecule has 27 heavy (non-hydrogen) atoms. The standard InChI is InChI=1S/C20H19ClN2O3S/c1-3-25-15-6-4-14(5-7-15)18-12-27-20(22-18)23-19(24)11-26-16-8-9-17(21)13(2)10-16/h4-10,12H,3,11H2,1-2H3,(H,22,23,24). The van der Waals surface area contributed by atoms with Crippen molar-refractivity contribution in [3.63, 3.8) is 0 Å². The van der Waals surface area contributed by atoms with Crippen molar-refractivity contribution in [1.82, 2.24) is 4.98 Å². The molecule has 0 atom stereocenters. The van der Waals surface area contributed by atoms with Crippen LogP contribution in [-0.4, -0.2) is 24.1 Å². The van der Waals surface area contributed by atoms with Crippen molar-refractivity contribution in [3.8, 4) is 22.8 Å². The second-order valence-electron chi connectivity index (χ2n) is 5.74. The van der Waals surface area contributed by atoms with Crippen LogP contribution in [0.1, 0.15) is 12.5 Å². The highest BCUT2D eigenvalue weighted by atomic mass is 35.5. The minimum Gasteiger partial charge on any atom is -0.494 e. The number of halogens is 1. The topological polar surface area (TPSA) is 60.5 Å². The normalized spacial score (nSPS) is 10.5. The number of ether oxygens (including phenoxy) is 2. The van der Waals surface area contributed by atoms with E-state index in [4.69, 9.17) is 21.1 Å². The fourth-order valence-corrected chi connectivity index (χ4v) is 3.22. The Morgan fingerprint density at radius 1 is 1.15 bits per heavy atom. The number of benzene rings is 2. The first kappa shape index (κ1) is 19.2. The van der Waals surface area contributed by atoms with Crippen LogP contribution in [0.3, 0.4) is 0 Å². The molecule has 0 unspecified atom stereocenters. The van der Waals surface area contributed by atoms with Crippen LogP contribution in [-0.2, 0) is 4.79 Å². The Morgan fingerprint density at radius 3 is 2.59 bits per heavy atom. The monoisotopic (exact) mass is 402 g/mol. The van der Waals surface area contributed by atoms with Gasteiger partial charge >= 0.3 is 0 Å². The van der Waals surface area contributed by atoms with Crippen LogP contribution in [0.25, 0.3) is 11.3 Å². The van der Waals surface area contributed by atoms with E-state index in [0.717, 1.165) is 22.6 Å². The van der Waals surface area contributed by atoms with Crippen molar-refractivity contribution >= 4 is 34.0 Å². The molecule has 0 saturated carbocycles. The second kappa shape index (κ2) is 8.88. The van der Waals surface area contributed by atoms with Gasteiger partial charge in [-0.15, -0.1) is 11.3 Å². The molecule has 0 aliphatic rings. The number of anilines is 1. The molecule has 1 amide bonds. The maximum absolute atomic E-state index is 12.1. The minimum atomic E-state index is -0.268. The smallest absolute Gasteiger partial charge is 0.264 e. The van der Waals surface area contributed by atoms with E-state index in [9.17, 15) is 4.79 Å². The van der Waals surface area contributed by atoms with Gasteiger partial charge < -0.3 is 9.47 Å². The fourth-order valence-electron chi connectivity index (χ4n) is 2.36. The first-order valence-corrected chi connectivity index (χ1v) is 9.68. The number of hydrogen-bond donors (Lipinski definition) is 1. The van der Waals surface area contributed by atoms with Gasteiger partial charge in [0.2, 0.25) is 0 Å². The third-order valence-electron chi connectivity index (χ3n) is 3.71. The summed E-state index contributed by atoms with van der Waals surface area (Å²) in [5.41, 5.74) is 2.66. The number of thiazole rings is 1. The predicted molar refractivity (Wildman–Crippen MR) is 109 cm³/mol. The minimum absolute atomic E-state index is 0.0982. The van der Waals surface area contributed by atoms with E-state index in [1.54, 1.807) is 18.2 Å². The number of nitrogens with one attached hydrogen (secondary N) is 1. The van der Waals surface area contributed by atoms with Gasteiger partial charge in [-0.05, 0) is 61.9 Å². The Balaban J connectivity index is 1.56. The van der Waals surface area contributed by atoms with E-state index in [2.05, 4.69) is 10.3 Å². The summed E-state index contributed by atoms with van der Waals surface area (Å²) < 4.78 is 10.9. The number of carbonyl (C=O) groups excluding carboxylic acids is 1. The van der Waals surface area contributed by atoms with Gasteiger partial charge in [0.15, 0.2) is 11.7 Å². The molecule has 0 spiro atoms. The molecule has 1 aromatic heterocycles. The first-order valence-electron chi connectivity index (χ1n) is 8.42. The van der Waals surface area contributed by atoms with Gasteiger partial charge in [-0.3, -0.25) is 10.1 Å². The maximum Gasteiger partial charge on any atom is 0.264 e. The molecule has 0 saturated heterocycles. The number of carbonyl (C=O) groups is 1. The Kier molecular flexibility index (Phi) is 6.32. The lowest BCUT2D eigenvalue weighted by atomic mass is 10.2. The second-order valence-corrected chi connectivity index (χ2v) is 7.01. The van der Waals surface area contributed by atoms with E-state index in [1.165, 1.54) is 11.3 Å². The maximum atomic E-state index is 12.1. The number of aromatic nitrogens is 1. The molecule has 1 N–H and O–H groups in total. The molecule has 5 nitrogen and oxygen atoms in total. The summed E-state index contributed by atoms with van der Waals surface area (Å²) in [6, 6.07) is 13.0. The molecule has 0 fully saturated rings. The van der Waals surface area contributed by atoms with Crippen molar-refractivity contribution in [1.29, 1.82) is 0 Å². The molecule has 2 aromatic carbocycles.